The van der Waals surface area contributed by atoms with Crippen LogP contribution >= 0.6 is 8.58 Å². The highest BCUT2D eigenvalue weighted by Gasteiger charge is 2.06. The van der Waals surface area contributed by atoms with Gasteiger partial charge >= 0.3 is 0 Å². The molecule has 0 fully saturated rings. The average Bonchev–Trinajstić information content (AvgIpc) is 2.52. The van der Waals surface area contributed by atoms with E-state index in [4.69, 9.17) is 0 Å². The molecule has 0 amide bonds. The molecule has 0 bridgehead atoms. The van der Waals surface area contributed by atoms with E-state index in [9.17, 15) is 0 Å². The van der Waals surface area contributed by atoms with Crippen molar-refractivity contribution in [2.75, 3.05) is 0 Å². The summed E-state index contributed by atoms with van der Waals surface area (Å²) in [6, 6.07) is 0. The molecule has 1 atom stereocenters. The van der Waals surface area contributed by atoms with Gasteiger partial charge in [-0.05, 0) is 62.0 Å². The maximum atomic E-state index is 2.61. The highest BCUT2D eigenvalue weighted by molar-refractivity contribution is 7.47. The zero-order valence-electron chi connectivity index (χ0n) is 14.0. The van der Waals surface area contributed by atoms with Crippen LogP contribution in [-0.2, 0) is 0 Å². The first-order chi connectivity index (χ1) is 10.4. The van der Waals surface area contributed by atoms with E-state index >= 15 is 0 Å². The molecule has 2 rings (SSSR count). The molecule has 2 aliphatic carbocycles. The summed E-state index contributed by atoms with van der Waals surface area (Å²) in [5, 5.41) is 3.58. The maximum Gasteiger partial charge on any atom is -0.0277 e. The Labute approximate surface area is 134 Å². The lowest BCUT2D eigenvalue weighted by atomic mass is 10.0. The molecule has 0 nitrogen and oxygen atoms in total. The summed E-state index contributed by atoms with van der Waals surface area (Å²) in [5.74, 6) is 0. The Balaban J connectivity index is 1.87. The lowest BCUT2D eigenvalue weighted by Crippen LogP contribution is -1.89. The van der Waals surface area contributed by atoms with Gasteiger partial charge in [0.1, 0.15) is 0 Å². The van der Waals surface area contributed by atoms with Crippen molar-refractivity contribution in [3.63, 3.8) is 0 Å². The van der Waals surface area contributed by atoms with Gasteiger partial charge < -0.3 is 0 Å². The Kier molecular flexibility index (Phi) is 9.43. The highest BCUT2D eigenvalue weighted by Crippen LogP contribution is 2.40. The third-order valence-electron chi connectivity index (χ3n) is 4.90. The summed E-state index contributed by atoms with van der Waals surface area (Å²) >= 11 is 0. The number of rotatable bonds is 2. The van der Waals surface area contributed by atoms with Crippen LogP contribution in [0.3, 0.4) is 0 Å². The average molecular weight is 306 g/mol. The van der Waals surface area contributed by atoms with Crippen LogP contribution < -0.4 is 0 Å². The summed E-state index contributed by atoms with van der Waals surface area (Å²) in [5.41, 5.74) is 0. The fourth-order valence-corrected chi connectivity index (χ4v) is 5.03. The van der Waals surface area contributed by atoms with E-state index in [1.165, 1.54) is 103 Å². The molecule has 0 aromatic carbocycles. The summed E-state index contributed by atoms with van der Waals surface area (Å²) < 4.78 is 0. The van der Waals surface area contributed by atoms with E-state index in [1.807, 2.05) is 0 Å². The molecular formula is C20H35P. The first kappa shape index (κ1) is 17.3. The van der Waals surface area contributed by atoms with Gasteiger partial charge in [-0.2, -0.15) is 0 Å². The Bertz CT molecular complexity index is 295. The summed E-state index contributed by atoms with van der Waals surface area (Å²) in [6.45, 7) is 0. The van der Waals surface area contributed by atoms with Gasteiger partial charge in [-0.1, -0.05) is 72.1 Å². The zero-order valence-corrected chi connectivity index (χ0v) is 15.0. The van der Waals surface area contributed by atoms with Gasteiger partial charge in [0.25, 0.3) is 0 Å². The summed E-state index contributed by atoms with van der Waals surface area (Å²) in [6.07, 6.45) is 28.1. The Hall–Kier alpha value is -0.0900. The quantitative estimate of drug-likeness (QED) is 0.458. The third kappa shape index (κ3) is 8.20. The molecule has 0 aromatic rings. The first-order valence-electron chi connectivity index (χ1n) is 9.60. The molecule has 1 unspecified atom stereocenters. The molecule has 0 spiro atoms. The predicted molar refractivity (Wildman–Crippen MR) is 98.4 cm³/mol. The first-order valence-corrected chi connectivity index (χ1v) is 10.6. The molecule has 0 radical (unpaired) electrons. The van der Waals surface area contributed by atoms with E-state index < -0.39 is 0 Å². The lowest BCUT2D eigenvalue weighted by molar-refractivity contribution is 0.589. The molecule has 0 saturated carbocycles. The van der Waals surface area contributed by atoms with Crippen LogP contribution in [0.1, 0.15) is 103 Å². The Morgan fingerprint density at radius 1 is 0.476 bits per heavy atom. The highest BCUT2D eigenvalue weighted by atomic mass is 31.1. The van der Waals surface area contributed by atoms with Gasteiger partial charge in [-0.25, -0.2) is 0 Å². The van der Waals surface area contributed by atoms with Crippen LogP contribution in [-0.4, -0.2) is 0 Å². The van der Waals surface area contributed by atoms with Crippen molar-refractivity contribution in [2.45, 2.75) is 103 Å². The normalized spacial score (nSPS) is 26.9. The van der Waals surface area contributed by atoms with Crippen molar-refractivity contribution in [1.82, 2.24) is 0 Å². The minimum atomic E-state index is 1.03. The second-order valence-corrected chi connectivity index (χ2v) is 8.44. The van der Waals surface area contributed by atoms with Gasteiger partial charge in [0.05, 0.1) is 0 Å². The molecule has 0 aromatic heterocycles. The van der Waals surface area contributed by atoms with E-state index in [0.717, 1.165) is 8.58 Å². The smallest absolute Gasteiger partial charge is 0.0277 e. The molecule has 0 aliphatic heterocycles. The molecular weight excluding hydrogens is 271 g/mol. The van der Waals surface area contributed by atoms with E-state index in [-0.39, 0.29) is 0 Å². The molecule has 0 saturated heterocycles. The van der Waals surface area contributed by atoms with Gasteiger partial charge in [0.15, 0.2) is 0 Å². The van der Waals surface area contributed by atoms with Crippen molar-refractivity contribution in [3.8, 4) is 0 Å². The molecule has 120 valence electrons. The van der Waals surface area contributed by atoms with Crippen LogP contribution in [0.5, 0.6) is 0 Å². The molecule has 0 heterocycles. The van der Waals surface area contributed by atoms with Crippen LogP contribution in [0.25, 0.3) is 0 Å². The number of hydrogen-bond acceptors (Lipinski definition) is 0. The van der Waals surface area contributed by atoms with Crippen molar-refractivity contribution >= 4 is 8.58 Å². The molecule has 1 heteroatoms. The van der Waals surface area contributed by atoms with Crippen LogP contribution in [0.4, 0.5) is 0 Å². The van der Waals surface area contributed by atoms with Gasteiger partial charge in [0.2, 0.25) is 0 Å². The molecule has 2 aliphatic rings. The zero-order chi connectivity index (χ0) is 14.6. The van der Waals surface area contributed by atoms with E-state index in [0.29, 0.717) is 0 Å². The minimum Gasteiger partial charge on any atom is -0.0808 e. The van der Waals surface area contributed by atoms with Gasteiger partial charge in [-0.3, -0.25) is 0 Å². The van der Waals surface area contributed by atoms with Gasteiger partial charge in [-0.15, -0.1) is 0 Å². The van der Waals surface area contributed by atoms with Crippen molar-refractivity contribution < 1.29 is 0 Å². The van der Waals surface area contributed by atoms with Crippen LogP contribution in [0.2, 0.25) is 0 Å². The standard InChI is InChI=1S/C20H35P/c1-3-7-11-15-19(16-12-8-4-1)21-20-17-13-9-5-2-6-10-14-18-20/h15,17,21H,1-14,16,18H2/b19-15+,20-17?. The summed E-state index contributed by atoms with van der Waals surface area (Å²) in [4.78, 5) is 0. The SMILES string of the molecule is C1=C(P/C2=C/CCCCCCCC2)CCCCCCCC1. The van der Waals surface area contributed by atoms with E-state index in [1.54, 1.807) is 10.6 Å². The van der Waals surface area contributed by atoms with Crippen LogP contribution in [0.15, 0.2) is 22.8 Å². The fraction of sp³-hybridized carbons (Fsp3) is 0.800. The van der Waals surface area contributed by atoms with Gasteiger partial charge in [0, 0.05) is 0 Å². The number of hydrogen-bond donors (Lipinski definition) is 0. The monoisotopic (exact) mass is 306 g/mol. The Morgan fingerprint density at radius 2 is 0.857 bits per heavy atom. The summed E-state index contributed by atoms with van der Waals surface area (Å²) in [7, 11) is 1.03. The number of allylic oxidation sites excluding steroid dienone is 4. The molecule has 21 heavy (non-hydrogen) atoms. The third-order valence-corrected chi connectivity index (χ3v) is 6.45. The minimum absolute atomic E-state index is 1.03. The predicted octanol–water partition coefficient (Wildman–Crippen LogP) is 7.70. The maximum absolute atomic E-state index is 2.61. The lowest BCUT2D eigenvalue weighted by Gasteiger charge is -2.15. The van der Waals surface area contributed by atoms with Crippen molar-refractivity contribution in [3.05, 3.63) is 22.8 Å². The molecule has 0 N–H and O–H groups in total. The second kappa shape index (κ2) is 11.5. The fourth-order valence-electron chi connectivity index (χ4n) is 3.52. The topological polar surface area (TPSA) is 0 Å². The second-order valence-electron chi connectivity index (χ2n) is 6.90. The van der Waals surface area contributed by atoms with Crippen LogP contribution in [0, 0.1) is 0 Å². The van der Waals surface area contributed by atoms with Crippen molar-refractivity contribution in [2.24, 2.45) is 0 Å². The Morgan fingerprint density at radius 3 is 1.33 bits per heavy atom. The van der Waals surface area contributed by atoms with E-state index in [2.05, 4.69) is 12.2 Å². The largest absolute Gasteiger partial charge is 0.0808 e. The van der Waals surface area contributed by atoms with Crippen molar-refractivity contribution in [1.29, 1.82) is 0 Å².